The van der Waals surface area contributed by atoms with Gasteiger partial charge in [0.05, 0.1) is 5.03 Å². The minimum Gasteiger partial charge on any atom is -0.480 e. The number of ketones is 1. The van der Waals surface area contributed by atoms with Crippen LogP contribution in [0.3, 0.4) is 0 Å². The van der Waals surface area contributed by atoms with Gasteiger partial charge in [-0.1, -0.05) is 0 Å². The summed E-state index contributed by atoms with van der Waals surface area (Å²) in [4.78, 5) is 21.0. The van der Waals surface area contributed by atoms with Crippen molar-refractivity contribution in [3.05, 3.63) is 11.1 Å². The largest absolute Gasteiger partial charge is 0.480 e. The molecular weight excluding hydrogens is 178 g/mol. The van der Waals surface area contributed by atoms with Gasteiger partial charge >= 0.3 is 5.97 Å². The molecule has 66 valence electrons. The van der Waals surface area contributed by atoms with Crippen molar-refractivity contribution in [3.8, 4) is 0 Å². The van der Waals surface area contributed by atoms with E-state index in [2.05, 4.69) is 5.32 Å². The number of carbonyl (C=O) groups is 2. The number of allylic oxidation sites excluding steroid dienone is 1. The Kier molecular flexibility index (Phi) is 2.75. The van der Waals surface area contributed by atoms with E-state index in [-0.39, 0.29) is 5.78 Å². The molecule has 0 aromatic carbocycles. The number of thioether (sulfide) groups is 1. The van der Waals surface area contributed by atoms with Gasteiger partial charge in [-0.05, 0) is 6.92 Å². The molecule has 0 radical (unpaired) electrons. The number of rotatable bonds is 2. The summed E-state index contributed by atoms with van der Waals surface area (Å²) < 4.78 is 0. The smallest absolute Gasteiger partial charge is 0.327 e. The first-order valence-corrected chi connectivity index (χ1v) is 4.42. The zero-order chi connectivity index (χ0) is 9.14. The Morgan fingerprint density at radius 3 is 2.83 bits per heavy atom. The summed E-state index contributed by atoms with van der Waals surface area (Å²) in [5.74, 6) is -0.473. The Bertz CT molecular complexity index is 249. The molecule has 1 aliphatic heterocycles. The third-order valence-electron chi connectivity index (χ3n) is 1.35. The molecule has 0 aromatic heterocycles. The molecule has 12 heavy (non-hydrogen) atoms. The summed E-state index contributed by atoms with van der Waals surface area (Å²) in [6.45, 7) is 1.43. The van der Waals surface area contributed by atoms with E-state index in [9.17, 15) is 9.59 Å². The van der Waals surface area contributed by atoms with Crippen LogP contribution in [-0.4, -0.2) is 28.7 Å². The maximum atomic E-state index is 10.6. The minimum absolute atomic E-state index is 0.0731. The van der Waals surface area contributed by atoms with Crippen molar-refractivity contribution >= 4 is 23.5 Å². The predicted octanol–water partition coefficient (Wildman–Crippen LogP) is 0.206. The van der Waals surface area contributed by atoms with E-state index in [1.807, 2.05) is 0 Å². The van der Waals surface area contributed by atoms with Crippen molar-refractivity contribution in [3.63, 3.8) is 0 Å². The lowest BCUT2D eigenvalue weighted by atomic mass is 10.3. The van der Waals surface area contributed by atoms with Crippen LogP contribution in [0.15, 0.2) is 11.1 Å². The standard InChI is InChI=1S/C7H9NO3S/c1-4(9)2-6-8-5(3-12-6)7(10)11/h2,5,8H,3H2,1H3,(H,10,11). The molecule has 0 saturated carbocycles. The van der Waals surface area contributed by atoms with Crippen molar-refractivity contribution < 1.29 is 14.7 Å². The number of hydrogen-bond acceptors (Lipinski definition) is 4. The number of hydrogen-bond donors (Lipinski definition) is 2. The first-order chi connectivity index (χ1) is 5.59. The maximum Gasteiger partial charge on any atom is 0.327 e. The van der Waals surface area contributed by atoms with Gasteiger partial charge in [-0.3, -0.25) is 4.79 Å². The SMILES string of the molecule is CC(=O)C=C1NC(C(=O)O)CS1. The van der Waals surface area contributed by atoms with Gasteiger partial charge in [0.2, 0.25) is 0 Å². The van der Waals surface area contributed by atoms with Crippen LogP contribution in [0.1, 0.15) is 6.92 Å². The van der Waals surface area contributed by atoms with Crippen molar-refractivity contribution in [1.82, 2.24) is 5.32 Å². The monoisotopic (exact) mass is 187 g/mol. The number of carbonyl (C=O) groups excluding carboxylic acids is 1. The van der Waals surface area contributed by atoms with E-state index in [1.165, 1.54) is 24.8 Å². The van der Waals surface area contributed by atoms with Gasteiger partial charge in [0, 0.05) is 11.8 Å². The first-order valence-electron chi connectivity index (χ1n) is 3.44. The maximum absolute atomic E-state index is 10.6. The molecule has 2 N–H and O–H groups in total. The minimum atomic E-state index is -0.880. The van der Waals surface area contributed by atoms with Gasteiger partial charge in [0.25, 0.3) is 0 Å². The van der Waals surface area contributed by atoms with E-state index in [4.69, 9.17) is 5.11 Å². The lowest BCUT2D eigenvalue weighted by Gasteiger charge is -2.01. The molecule has 1 aliphatic rings. The molecule has 0 spiro atoms. The molecule has 0 aliphatic carbocycles. The summed E-state index contributed by atoms with van der Waals surface area (Å²) in [5, 5.41) is 12.0. The molecule has 1 unspecified atom stereocenters. The van der Waals surface area contributed by atoms with E-state index in [0.717, 1.165) is 0 Å². The Morgan fingerprint density at radius 1 is 1.75 bits per heavy atom. The van der Waals surface area contributed by atoms with Crippen LogP contribution in [0.4, 0.5) is 0 Å². The molecule has 1 rings (SSSR count). The summed E-state index contributed by atoms with van der Waals surface area (Å²) in [7, 11) is 0. The van der Waals surface area contributed by atoms with Crippen LogP contribution in [0, 0.1) is 0 Å². The Morgan fingerprint density at radius 2 is 2.42 bits per heavy atom. The lowest BCUT2D eigenvalue weighted by molar-refractivity contribution is -0.138. The molecule has 4 nitrogen and oxygen atoms in total. The second-order valence-corrected chi connectivity index (χ2v) is 3.53. The number of nitrogens with one attached hydrogen (secondary N) is 1. The van der Waals surface area contributed by atoms with Gasteiger partial charge in [-0.2, -0.15) is 0 Å². The Balaban J connectivity index is 2.56. The van der Waals surface area contributed by atoms with Crippen molar-refractivity contribution in [2.45, 2.75) is 13.0 Å². The normalized spacial score (nSPS) is 25.4. The van der Waals surface area contributed by atoms with Gasteiger partial charge in [-0.25, -0.2) is 4.79 Å². The van der Waals surface area contributed by atoms with Crippen molar-refractivity contribution in [1.29, 1.82) is 0 Å². The van der Waals surface area contributed by atoms with E-state index in [1.54, 1.807) is 0 Å². The Labute approximate surface area is 74.0 Å². The fraction of sp³-hybridized carbons (Fsp3) is 0.429. The zero-order valence-corrected chi connectivity index (χ0v) is 7.35. The second-order valence-electron chi connectivity index (χ2n) is 2.47. The van der Waals surface area contributed by atoms with Crippen LogP contribution in [0.2, 0.25) is 0 Å². The highest BCUT2D eigenvalue weighted by molar-refractivity contribution is 8.03. The highest BCUT2D eigenvalue weighted by atomic mass is 32.2. The average molecular weight is 187 g/mol. The van der Waals surface area contributed by atoms with E-state index in [0.29, 0.717) is 10.8 Å². The molecule has 1 saturated heterocycles. The molecular formula is C7H9NO3S. The second kappa shape index (κ2) is 3.62. The van der Waals surface area contributed by atoms with Gasteiger partial charge < -0.3 is 10.4 Å². The molecule has 1 heterocycles. The van der Waals surface area contributed by atoms with Crippen LogP contribution in [0.5, 0.6) is 0 Å². The van der Waals surface area contributed by atoms with Gasteiger partial charge in [0.1, 0.15) is 6.04 Å². The van der Waals surface area contributed by atoms with Crippen LogP contribution in [0.25, 0.3) is 0 Å². The molecule has 0 aromatic rings. The highest BCUT2D eigenvalue weighted by Gasteiger charge is 2.25. The van der Waals surface area contributed by atoms with Crippen molar-refractivity contribution in [2.75, 3.05) is 5.75 Å². The quantitative estimate of drug-likeness (QED) is 0.605. The molecule has 0 amide bonds. The fourth-order valence-electron chi connectivity index (χ4n) is 0.829. The number of aliphatic carboxylic acids is 1. The van der Waals surface area contributed by atoms with Crippen molar-refractivity contribution in [2.24, 2.45) is 0 Å². The first kappa shape index (κ1) is 9.12. The summed E-state index contributed by atoms with van der Waals surface area (Å²) in [6.07, 6.45) is 1.41. The lowest BCUT2D eigenvalue weighted by Crippen LogP contribution is -2.31. The van der Waals surface area contributed by atoms with E-state index < -0.39 is 12.0 Å². The summed E-state index contributed by atoms with van der Waals surface area (Å²) in [6, 6.07) is -0.555. The fourth-order valence-corrected chi connectivity index (χ4v) is 1.88. The zero-order valence-electron chi connectivity index (χ0n) is 6.53. The average Bonchev–Trinajstić information content (AvgIpc) is 2.34. The summed E-state index contributed by atoms with van der Waals surface area (Å²) in [5.41, 5.74) is 0. The number of carboxylic acids is 1. The van der Waals surface area contributed by atoms with Crippen LogP contribution < -0.4 is 5.32 Å². The molecule has 1 atom stereocenters. The topological polar surface area (TPSA) is 66.4 Å². The molecule has 1 fully saturated rings. The molecule has 5 heteroatoms. The predicted molar refractivity (Wildman–Crippen MR) is 45.8 cm³/mol. The van der Waals surface area contributed by atoms with Crippen LogP contribution in [-0.2, 0) is 9.59 Å². The third kappa shape index (κ3) is 2.27. The van der Waals surface area contributed by atoms with Gasteiger partial charge in [0.15, 0.2) is 5.78 Å². The molecule has 0 bridgehead atoms. The van der Waals surface area contributed by atoms with Crippen LogP contribution >= 0.6 is 11.8 Å². The highest BCUT2D eigenvalue weighted by Crippen LogP contribution is 2.21. The van der Waals surface area contributed by atoms with Gasteiger partial charge in [-0.15, -0.1) is 11.8 Å². The Hall–Kier alpha value is -0.970. The number of carboxylic acid groups (broad SMARTS) is 1. The summed E-state index contributed by atoms with van der Waals surface area (Å²) >= 11 is 1.36. The third-order valence-corrected chi connectivity index (χ3v) is 2.40. The van der Waals surface area contributed by atoms with E-state index >= 15 is 0 Å².